The first kappa shape index (κ1) is 11.2. The van der Waals surface area contributed by atoms with Crippen molar-refractivity contribution in [3.05, 3.63) is 35.9 Å². The van der Waals surface area contributed by atoms with Crippen LogP contribution in [0, 0.1) is 0 Å². The van der Waals surface area contributed by atoms with Gasteiger partial charge in [0.2, 0.25) is 0 Å². The second kappa shape index (κ2) is 4.40. The predicted molar refractivity (Wildman–Crippen MR) is 62.4 cm³/mol. The van der Waals surface area contributed by atoms with Gasteiger partial charge < -0.3 is 4.74 Å². The third-order valence-electron chi connectivity index (χ3n) is 3.02. The fourth-order valence-corrected chi connectivity index (χ4v) is 3.00. The largest absolute Gasteiger partial charge is 0.458 e. The molecule has 90 valence electrons. The molecule has 0 bridgehead atoms. The third-order valence-corrected chi connectivity index (χ3v) is 4.02. The number of alkyl halides is 1. The van der Waals surface area contributed by atoms with Crippen molar-refractivity contribution in [1.29, 1.82) is 0 Å². The normalized spacial score (nSPS) is 36.4. The molecule has 0 radical (unpaired) electrons. The number of fused-ring (bicyclic) bond motifs is 1. The van der Waals surface area contributed by atoms with Crippen molar-refractivity contribution in [2.45, 2.75) is 29.6 Å². The van der Waals surface area contributed by atoms with Crippen LogP contribution in [0.4, 0.5) is 0 Å². The van der Waals surface area contributed by atoms with Crippen LogP contribution in [-0.4, -0.2) is 23.0 Å². The van der Waals surface area contributed by atoms with E-state index in [9.17, 15) is 4.79 Å². The van der Waals surface area contributed by atoms with Crippen LogP contribution >= 0.6 is 15.9 Å². The molecule has 0 aliphatic carbocycles. The van der Waals surface area contributed by atoms with E-state index in [0.29, 0.717) is 0 Å². The lowest BCUT2D eigenvalue weighted by Crippen LogP contribution is -2.42. The minimum absolute atomic E-state index is 0.0879. The van der Waals surface area contributed by atoms with Gasteiger partial charge in [-0.25, -0.2) is 9.78 Å². The maximum Gasteiger partial charge on any atom is 0.309 e. The molecule has 3 rings (SSSR count). The molecule has 2 aliphatic rings. The van der Waals surface area contributed by atoms with E-state index in [1.54, 1.807) is 0 Å². The second-order valence-corrected chi connectivity index (χ2v) is 5.22. The summed E-state index contributed by atoms with van der Waals surface area (Å²) in [5, 5.41) is 0. The first-order chi connectivity index (χ1) is 8.25. The lowest BCUT2D eigenvalue weighted by Gasteiger charge is -2.33. The SMILES string of the molecule is O=C1C[C@@H]2OO[C@H](c3ccccc3)C(Br)[C@@H]2O1. The van der Waals surface area contributed by atoms with Crippen molar-refractivity contribution < 1.29 is 19.3 Å². The van der Waals surface area contributed by atoms with Crippen molar-refractivity contribution in [2.24, 2.45) is 0 Å². The summed E-state index contributed by atoms with van der Waals surface area (Å²) in [4.78, 5) is 21.7. The molecule has 1 aromatic carbocycles. The Morgan fingerprint density at radius 1 is 1.18 bits per heavy atom. The summed E-state index contributed by atoms with van der Waals surface area (Å²) in [5.41, 5.74) is 0.996. The zero-order valence-electron chi connectivity index (χ0n) is 8.91. The van der Waals surface area contributed by atoms with E-state index in [0.717, 1.165) is 5.56 Å². The molecule has 2 heterocycles. The first-order valence-electron chi connectivity index (χ1n) is 5.46. The van der Waals surface area contributed by atoms with Crippen LogP contribution in [0.5, 0.6) is 0 Å². The zero-order valence-corrected chi connectivity index (χ0v) is 10.5. The average Bonchev–Trinajstić information content (AvgIpc) is 2.72. The molecule has 0 saturated carbocycles. The number of rotatable bonds is 1. The molecule has 4 atom stereocenters. The van der Waals surface area contributed by atoms with Crippen molar-refractivity contribution in [1.82, 2.24) is 0 Å². The van der Waals surface area contributed by atoms with Gasteiger partial charge in [0.25, 0.3) is 0 Å². The van der Waals surface area contributed by atoms with Crippen molar-refractivity contribution in [3.8, 4) is 0 Å². The molecule has 0 spiro atoms. The molecule has 17 heavy (non-hydrogen) atoms. The summed E-state index contributed by atoms with van der Waals surface area (Å²) in [6.07, 6.45) is -0.578. The first-order valence-corrected chi connectivity index (χ1v) is 6.38. The van der Waals surface area contributed by atoms with Gasteiger partial charge in [0.15, 0.2) is 0 Å². The maximum absolute atomic E-state index is 11.2. The minimum atomic E-state index is -0.299. The number of halogens is 1. The Kier molecular flexibility index (Phi) is 2.90. The summed E-state index contributed by atoms with van der Waals surface area (Å²) in [5.74, 6) is -0.234. The molecule has 1 unspecified atom stereocenters. The number of ether oxygens (including phenoxy) is 1. The van der Waals surface area contributed by atoms with E-state index in [2.05, 4.69) is 15.9 Å². The summed E-state index contributed by atoms with van der Waals surface area (Å²) in [7, 11) is 0. The predicted octanol–water partition coefficient (Wildman–Crippen LogP) is 2.14. The molecule has 5 heteroatoms. The van der Waals surface area contributed by atoms with E-state index in [1.807, 2.05) is 30.3 Å². The lowest BCUT2D eigenvalue weighted by molar-refractivity contribution is -0.383. The molecule has 2 fully saturated rings. The number of hydrogen-bond acceptors (Lipinski definition) is 4. The summed E-state index contributed by atoms with van der Waals surface area (Å²) in [6, 6.07) is 9.73. The molecule has 2 aliphatic heterocycles. The lowest BCUT2D eigenvalue weighted by atomic mass is 9.99. The number of benzene rings is 1. The van der Waals surface area contributed by atoms with E-state index >= 15 is 0 Å². The van der Waals surface area contributed by atoms with Gasteiger partial charge in [0, 0.05) is 0 Å². The second-order valence-electron chi connectivity index (χ2n) is 4.17. The van der Waals surface area contributed by atoms with Gasteiger partial charge >= 0.3 is 5.97 Å². The van der Waals surface area contributed by atoms with Gasteiger partial charge in [-0.2, -0.15) is 0 Å². The highest BCUT2D eigenvalue weighted by Crippen LogP contribution is 2.39. The molecule has 4 nitrogen and oxygen atoms in total. The van der Waals surface area contributed by atoms with Crippen LogP contribution in [0.2, 0.25) is 0 Å². The Bertz CT molecular complexity index is 422. The maximum atomic E-state index is 11.2. The van der Waals surface area contributed by atoms with Gasteiger partial charge in [0.1, 0.15) is 18.3 Å². The van der Waals surface area contributed by atoms with Crippen LogP contribution in [0.25, 0.3) is 0 Å². The Balaban J connectivity index is 1.83. The number of carbonyl (C=O) groups is 1. The topological polar surface area (TPSA) is 44.8 Å². The van der Waals surface area contributed by atoms with Crippen molar-refractivity contribution in [2.75, 3.05) is 0 Å². The van der Waals surface area contributed by atoms with Gasteiger partial charge in [-0.15, -0.1) is 0 Å². The molecule has 0 aromatic heterocycles. The minimum Gasteiger partial charge on any atom is -0.458 e. The highest BCUT2D eigenvalue weighted by atomic mass is 79.9. The Hall–Kier alpha value is -0.910. The average molecular weight is 299 g/mol. The molecule has 1 aromatic rings. The zero-order chi connectivity index (χ0) is 11.8. The van der Waals surface area contributed by atoms with E-state index in [1.165, 1.54) is 0 Å². The van der Waals surface area contributed by atoms with E-state index < -0.39 is 0 Å². The number of esters is 1. The Morgan fingerprint density at radius 2 is 1.94 bits per heavy atom. The fraction of sp³-hybridized carbons (Fsp3) is 0.417. The summed E-state index contributed by atoms with van der Waals surface area (Å²) in [6.45, 7) is 0. The highest BCUT2D eigenvalue weighted by molar-refractivity contribution is 9.09. The Labute approximate surface area is 107 Å². The van der Waals surface area contributed by atoms with Gasteiger partial charge in [-0.05, 0) is 5.56 Å². The van der Waals surface area contributed by atoms with Gasteiger partial charge in [-0.1, -0.05) is 46.3 Å². The monoisotopic (exact) mass is 298 g/mol. The molecular formula is C12H11BrO4. The summed E-state index contributed by atoms with van der Waals surface area (Å²) < 4.78 is 5.24. The quantitative estimate of drug-likeness (QED) is 0.453. The number of carbonyl (C=O) groups excluding carboxylic acids is 1. The number of hydrogen-bond donors (Lipinski definition) is 0. The van der Waals surface area contributed by atoms with Crippen LogP contribution in [-0.2, 0) is 19.3 Å². The van der Waals surface area contributed by atoms with Crippen LogP contribution < -0.4 is 0 Å². The summed E-state index contributed by atoms with van der Waals surface area (Å²) >= 11 is 3.54. The van der Waals surface area contributed by atoms with Gasteiger partial charge in [-0.3, -0.25) is 4.79 Å². The highest BCUT2D eigenvalue weighted by Gasteiger charge is 2.48. The van der Waals surface area contributed by atoms with Crippen LogP contribution in [0.15, 0.2) is 30.3 Å². The third kappa shape index (κ3) is 1.99. The van der Waals surface area contributed by atoms with E-state index in [4.69, 9.17) is 14.5 Å². The molecule has 0 amide bonds. The Morgan fingerprint density at radius 3 is 2.71 bits per heavy atom. The van der Waals surface area contributed by atoms with Crippen molar-refractivity contribution in [3.63, 3.8) is 0 Å². The molecule has 0 N–H and O–H groups in total. The smallest absolute Gasteiger partial charge is 0.309 e. The van der Waals surface area contributed by atoms with Crippen LogP contribution in [0.3, 0.4) is 0 Å². The fourth-order valence-electron chi connectivity index (χ4n) is 2.15. The molecular weight excluding hydrogens is 288 g/mol. The van der Waals surface area contributed by atoms with Crippen LogP contribution in [0.1, 0.15) is 18.1 Å². The van der Waals surface area contributed by atoms with E-state index in [-0.39, 0.29) is 35.5 Å². The standard InChI is InChI=1S/C12H11BrO4/c13-10-11(7-4-2-1-3-5-7)17-16-8-6-9(14)15-12(8)10/h1-5,8,10-12H,6H2/t8-,10?,11+,12+/m0/s1. The van der Waals surface area contributed by atoms with Gasteiger partial charge in [0.05, 0.1) is 11.2 Å². The van der Waals surface area contributed by atoms with Crippen molar-refractivity contribution >= 4 is 21.9 Å². The molecule has 2 saturated heterocycles.